The predicted molar refractivity (Wildman–Crippen MR) is 112 cm³/mol. The monoisotopic (exact) mass is 446 g/mol. The van der Waals surface area contributed by atoms with E-state index in [0.29, 0.717) is 48.4 Å². The lowest BCUT2D eigenvalue weighted by Crippen LogP contribution is -2.49. The van der Waals surface area contributed by atoms with E-state index in [9.17, 15) is 20.0 Å². The number of hydrogen-bond donors (Lipinski definition) is 1. The first kappa shape index (κ1) is 21.0. The Kier molecular flexibility index (Phi) is 5.74. The van der Waals surface area contributed by atoms with E-state index in [1.807, 2.05) is 0 Å². The predicted octanol–water partition coefficient (Wildman–Crippen LogP) is 2.58. The minimum Gasteiger partial charge on any atom is -0.492 e. The number of benzene rings is 1. The molecule has 0 saturated carbocycles. The van der Waals surface area contributed by atoms with Gasteiger partial charge in [0.1, 0.15) is 5.82 Å². The molecule has 0 aliphatic carbocycles. The first-order chi connectivity index (χ1) is 14.9. The summed E-state index contributed by atoms with van der Waals surface area (Å²) in [4.78, 5) is 32.0. The average molecular weight is 446 g/mol. The van der Waals surface area contributed by atoms with Crippen LogP contribution in [0.5, 0.6) is 5.88 Å². The number of nitrogens with zero attached hydrogens (tertiary/aromatic N) is 6. The minimum absolute atomic E-state index is 0.00266. The van der Waals surface area contributed by atoms with E-state index in [4.69, 9.17) is 4.74 Å². The Morgan fingerprint density at radius 3 is 2.55 bits per heavy atom. The molecule has 164 valence electrons. The molecule has 0 bridgehead atoms. The molecule has 0 radical (unpaired) electrons. The molecule has 12 heteroatoms. The zero-order valence-corrected chi connectivity index (χ0v) is 17.9. The molecule has 3 aromatic rings. The Labute approximate surface area is 181 Å². The van der Waals surface area contributed by atoms with Crippen LogP contribution >= 0.6 is 11.3 Å². The number of aryl methyl sites for hydroxylation is 1. The summed E-state index contributed by atoms with van der Waals surface area (Å²) in [6.07, 6.45) is -0.342. The van der Waals surface area contributed by atoms with Crippen molar-refractivity contribution in [2.45, 2.75) is 19.9 Å². The molecule has 2 aromatic heterocycles. The Bertz CT molecular complexity index is 1100. The Morgan fingerprint density at radius 1 is 1.29 bits per heavy atom. The SMILES string of the molecule is CCOC(=O)N1CCN([C@H](c2ccc([N+](=O)[O-])cc2)c2sc3nc(C)nn3c2O)CC1. The van der Waals surface area contributed by atoms with E-state index in [1.165, 1.54) is 28.0 Å². The van der Waals surface area contributed by atoms with Gasteiger partial charge in [0.05, 0.1) is 22.4 Å². The van der Waals surface area contributed by atoms with Gasteiger partial charge < -0.3 is 14.7 Å². The normalized spacial score (nSPS) is 15.9. The molecule has 1 atom stereocenters. The smallest absolute Gasteiger partial charge is 0.409 e. The number of carbonyl (C=O) groups is 1. The van der Waals surface area contributed by atoms with E-state index in [-0.39, 0.29) is 23.7 Å². The fraction of sp³-hybridized carbons (Fsp3) is 0.421. The number of nitro groups is 1. The third-order valence-corrected chi connectivity index (χ3v) is 6.25. The van der Waals surface area contributed by atoms with Gasteiger partial charge in [-0.3, -0.25) is 15.0 Å². The van der Waals surface area contributed by atoms with Crippen LogP contribution in [0.2, 0.25) is 0 Å². The summed E-state index contributed by atoms with van der Waals surface area (Å²) in [6, 6.07) is 5.94. The van der Waals surface area contributed by atoms with Crippen molar-refractivity contribution in [1.82, 2.24) is 24.4 Å². The zero-order chi connectivity index (χ0) is 22.1. The van der Waals surface area contributed by atoms with E-state index in [2.05, 4.69) is 15.0 Å². The molecular weight excluding hydrogens is 424 g/mol. The van der Waals surface area contributed by atoms with E-state index < -0.39 is 4.92 Å². The van der Waals surface area contributed by atoms with Gasteiger partial charge in [-0.15, -0.1) is 5.10 Å². The second-order valence-electron chi connectivity index (χ2n) is 7.12. The van der Waals surface area contributed by atoms with Gasteiger partial charge in [0.2, 0.25) is 10.8 Å². The highest BCUT2D eigenvalue weighted by molar-refractivity contribution is 7.17. The largest absolute Gasteiger partial charge is 0.492 e. The zero-order valence-electron chi connectivity index (χ0n) is 17.1. The van der Waals surface area contributed by atoms with Crippen LogP contribution in [-0.2, 0) is 4.74 Å². The number of aromatic nitrogens is 3. The van der Waals surface area contributed by atoms with Crippen molar-refractivity contribution in [3.8, 4) is 5.88 Å². The van der Waals surface area contributed by atoms with Crippen molar-refractivity contribution in [3.63, 3.8) is 0 Å². The van der Waals surface area contributed by atoms with Crippen LogP contribution in [0.1, 0.15) is 29.2 Å². The number of piperazine rings is 1. The highest BCUT2D eigenvalue weighted by Crippen LogP contribution is 2.40. The van der Waals surface area contributed by atoms with Crippen molar-refractivity contribution < 1.29 is 19.6 Å². The van der Waals surface area contributed by atoms with Gasteiger partial charge in [-0.2, -0.15) is 4.52 Å². The molecule has 31 heavy (non-hydrogen) atoms. The number of amides is 1. The maximum atomic E-state index is 12.0. The number of fused-ring (bicyclic) bond motifs is 1. The van der Waals surface area contributed by atoms with Crippen LogP contribution < -0.4 is 0 Å². The number of ether oxygens (including phenoxy) is 1. The van der Waals surface area contributed by atoms with Crippen molar-refractivity contribution in [3.05, 3.63) is 50.6 Å². The summed E-state index contributed by atoms with van der Waals surface area (Å²) in [7, 11) is 0. The Balaban J connectivity index is 1.68. The first-order valence-electron chi connectivity index (χ1n) is 9.84. The Hall–Kier alpha value is -3.25. The number of carbonyl (C=O) groups excluding carboxylic acids is 1. The number of nitro benzene ring substituents is 1. The minimum atomic E-state index is -0.444. The fourth-order valence-electron chi connectivity index (χ4n) is 3.71. The molecule has 0 spiro atoms. The molecule has 1 aliphatic heterocycles. The maximum absolute atomic E-state index is 12.0. The third-order valence-electron chi connectivity index (χ3n) is 5.18. The topological polar surface area (TPSA) is 126 Å². The van der Waals surface area contributed by atoms with Gasteiger partial charge in [0.15, 0.2) is 0 Å². The molecule has 1 saturated heterocycles. The lowest BCUT2D eigenvalue weighted by molar-refractivity contribution is -0.384. The van der Waals surface area contributed by atoms with Crippen LogP contribution in [0.15, 0.2) is 24.3 Å². The Morgan fingerprint density at radius 2 is 1.97 bits per heavy atom. The fourth-order valence-corrected chi connectivity index (χ4v) is 4.87. The second-order valence-corrected chi connectivity index (χ2v) is 8.13. The van der Waals surface area contributed by atoms with Crippen molar-refractivity contribution in [1.29, 1.82) is 0 Å². The highest BCUT2D eigenvalue weighted by Gasteiger charge is 2.33. The maximum Gasteiger partial charge on any atom is 0.409 e. The molecular formula is C19H22N6O5S. The highest BCUT2D eigenvalue weighted by atomic mass is 32.1. The van der Waals surface area contributed by atoms with Crippen LogP contribution in [0.4, 0.5) is 10.5 Å². The van der Waals surface area contributed by atoms with Crippen molar-refractivity contribution in [2.75, 3.05) is 32.8 Å². The van der Waals surface area contributed by atoms with Crippen LogP contribution in [0.25, 0.3) is 4.96 Å². The van der Waals surface area contributed by atoms with Gasteiger partial charge in [-0.1, -0.05) is 23.5 Å². The van der Waals surface area contributed by atoms with E-state index in [0.717, 1.165) is 5.56 Å². The molecule has 0 unspecified atom stereocenters. The molecule has 1 N–H and O–H groups in total. The quantitative estimate of drug-likeness (QED) is 0.468. The summed E-state index contributed by atoms with van der Waals surface area (Å²) in [6.45, 7) is 5.89. The lowest BCUT2D eigenvalue weighted by atomic mass is 10.0. The second kappa shape index (κ2) is 8.47. The van der Waals surface area contributed by atoms with Crippen LogP contribution in [0.3, 0.4) is 0 Å². The van der Waals surface area contributed by atoms with Crippen molar-refractivity contribution in [2.24, 2.45) is 0 Å². The summed E-state index contributed by atoms with van der Waals surface area (Å²) < 4.78 is 6.49. The number of rotatable bonds is 5. The van der Waals surface area contributed by atoms with Gasteiger partial charge in [0.25, 0.3) is 5.69 Å². The molecule has 4 rings (SSSR count). The average Bonchev–Trinajstić information content (AvgIpc) is 3.26. The van der Waals surface area contributed by atoms with Gasteiger partial charge >= 0.3 is 6.09 Å². The summed E-state index contributed by atoms with van der Waals surface area (Å²) >= 11 is 1.33. The molecule has 1 fully saturated rings. The van der Waals surface area contributed by atoms with Gasteiger partial charge in [-0.25, -0.2) is 9.78 Å². The molecule has 1 aromatic carbocycles. The number of hydrogen-bond acceptors (Lipinski definition) is 9. The first-order valence-corrected chi connectivity index (χ1v) is 10.7. The van der Waals surface area contributed by atoms with Gasteiger partial charge in [0, 0.05) is 38.3 Å². The van der Waals surface area contributed by atoms with E-state index in [1.54, 1.807) is 30.9 Å². The number of aromatic hydroxyl groups is 1. The molecule has 11 nitrogen and oxygen atoms in total. The van der Waals surface area contributed by atoms with Crippen molar-refractivity contribution >= 4 is 28.1 Å². The summed E-state index contributed by atoms with van der Waals surface area (Å²) in [5.41, 5.74) is 0.795. The molecule has 1 amide bonds. The third kappa shape index (κ3) is 4.03. The molecule has 1 aliphatic rings. The van der Waals surface area contributed by atoms with E-state index >= 15 is 0 Å². The lowest BCUT2D eigenvalue weighted by Gasteiger charge is -2.38. The number of non-ortho nitro benzene ring substituents is 1. The molecule has 3 heterocycles. The summed E-state index contributed by atoms with van der Waals surface area (Å²) in [5.74, 6) is 0.555. The summed E-state index contributed by atoms with van der Waals surface area (Å²) in [5, 5.41) is 26.2. The van der Waals surface area contributed by atoms with Crippen LogP contribution in [0, 0.1) is 17.0 Å². The standard InChI is InChI=1S/C19H22N6O5S/c1-3-30-19(27)23-10-8-22(9-11-23)15(13-4-6-14(7-5-13)25(28)29)16-17(26)24-18(31-16)20-12(2)21-24/h4-7,15,26H,3,8-11H2,1-2H3/t15-/m1/s1. The number of thiazole rings is 1. The van der Waals surface area contributed by atoms with Gasteiger partial charge in [-0.05, 0) is 19.4 Å². The van der Waals surface area contributed by atoms with Crippen LogP contribution in [-0.4, -0.2) is 73.3 Å².